The maximum Gasteiger partial charge on any atom is 0.293 e. The molecule has 0 atom stereocenters. The summed E-state index contributed by atoms with van der Waals surface area (Å²) in [6, 6.07) is 5.31. The number of thiophene rings is 1. The Bertz CT molecular complexity index is 906. The Morgan fingerprint density at radius 2 is 1.89 bits per heavy atom. The van der Waals surface area contributed by atoms with E-state index in [-0.39, 0.29) is 21.5 Å². The standard InChI is InChI=1S/C19H18ClFN2O3S/c1-10-13(18(25)23-12-6-7-15(21)14(20)8-12)9-16(27-10)17(24)19(26)22-11-4-2-3-5-11/h6-9,11H,2-5H2,1H3,(H,22,26)(H,23,25). The predicted octanol–water partition coefficient (Wildman–Crippen LogP) is 4.34. The minimum atomic E-state index is -0.640. The van der Waals surface area contributed by atoms with Crippen molar-refractivity contribution < 1.29 is 18.8 Å². The van der Waals surface area contributed by atoms with E-state index < -0.39 is 23.4 Å². The first kappa shape index (κ1) is 19.5. The summed E-state index contributed by atoms with van der Waals surface area (Å²) in [4.78, 5) is 37.8. The first-order valence-corrected chi connectivity index (χ1v) is 9.76. The van der Waals surface area contributed by atoms with E-state index in [1.54, 1.807) is 6.92 Å². The van der Waals surface area contributed by atoms with Gasteiger partial charge < -0.3 is 10.6 Å². The number of carbonyl (C=O) groups excluding carboxylic acids is 3. The lowest BCUT2D eigenvalue weighted by Gasteiger charge is -2.10. The van der Waals surface area contributed by atoms with Gasteiger partial charge in [-0.2, -0.15) is 0 Å². The van der Waals surface area contributed by atoms with Gasteiger partial charge in [0.15, 0.2) is 0 Å². The Morgan fingerprint density at radius 3 is 2.56 bits per heavy atom. The van der Waals surface area contributed by atoms with Gasteiger partial charge in [-0.05, 0) is 44.0 Å². The summed E-state index contributed by atoms with van der Waals surface area (Å²) in [5, 5.41) is 5.26. The molecule has 0 bridgehead atoms. The third kappa shape index (κ3) is 4.54. The van der Waals surface area contributed by atoms with Crippen molar-refractivity contribution >= 4 is 46.2 Å². The molecular weight excluding hydrogens is 391 g/mol. The second kappa shape index (κ2) is 8.19. The molecular formula is C19H18ClFN2O3S. The van der Waals surface area contributed by atoms with Crippen LogP contribution in [0.2, 0.25) is 5.02 Å². The molecule has 0 saturated heterocycles. The molecule has 0 unspecified atom stereocenters. The average molecular weight is 409 g/mol. The minimum Gasteiger partial charge on any atom is -0.346 e. The summed E-state index contributed by atoms with van der Waals surface area (Å²) >= 11 is 6.81. The fourth-order valence-electron chi connectivity index (χ4n) is 3.02. The number of benzene rings is 1. The molecule has 1 saturated carbocycles. The second-order valence-corrected chi connectivity index (χ2v) is 8.11. The van der Waals surface area contributed by atoms with Crippen molar-refractivity contribution in [3.8, 4) is 0 Å². The molecule has 1 aliphatic carbocycles. The van der Waals surface area contributed by atoms with Crippen LogP contribution in [0.15, 0.2) is 24.3 Å². The van der Waals surface area contributed by atoms with Crippen LogP contribution in [0.3, 0.4) is 0 Å². The first-order chi connectivity index (χ1) is 12.8. The van der Waals surface area contributed by atoms with Crippen LogP contribution in [0.1, 0.15) is 50.6 Å². The molecule has 2 N–H and O–H groups in total. The first-order valence-electron chi connectivity index (χ1n) is 8.57. The average Bonchev–Trinajstić information content (AvgIpc) is 3.27. The molecule has 1 aliphatic rings. The molecule has 27 heavy (non-hydrogen) atoms. The quantitative estimate of drug-likeness (QED) is 0.570. The van der Waals surface area contributed by atoms with Gasteiger partial charge in [0.05, 0.1) is 15.5 Å². The van der Waals surface area contributed by atoms with Crippen LogP contribution < -0.4 is 10.6 Å². The lowest BCUT2D eigenvalue weighted by Crippen LogP contribution is -2.37. The molecule has 2 amide bonds. The third-order valence-corrected chi connectivity index (χ3v) is 5.80. The number of rotatable bonds is 5. The highest BCUT2D eigenvalue weighted by atomic mass is 35.5. The van der Waals surface area contributed by atoms with Gasteiger partial charge in [-0.15, -0.1) is 11.3 Å². The molecule has 0 aliphatic heterocycles. The lowest BCUT2D eigenvalue weighted by molar-refractivity contribution is -0.117. The van der Waals surface area contributed by atoms with Crippen molar-refractivity contribution in [2.75, 3.05) is 5.32 Å². The number of hydrogen-bond donors (Lipinski definition) is 2. The third-order valence-electron chi connectivity index (χ3n) is 4.46. The Labute approximate surface area is 164 Å². The number of nitrogens with one attached hydrogen (secondary N) is 2. The molecule has 2 aromatic rings. The number of halogens is 2. The monoisotopic (exact) mass is 408 g/mol. The molecule has 0 radical (unpaired) electrons. The zero-order valence-corrected chi connectivity index (χ0v) is 16.2. The molecule has 8 heteroatoms. The molecule has 3 rings (SSSR count). The van der Waals surface area contributed by atoms with E-state index in [4.69, 9.17) is 11.6 Å². The van der Waals surface area contributed by atoms with Gasteiger partial charge >= 0.3 is 0 Å². The summed E-state index contributed by atoms with van der Waals surface area (Å²) in [6.07, 6.45) is 3.87. The summed E-state index contributed by atoms with van der Waals surface area (Å²) in [7, 11) is 0. The Kier molecular flexibility index (Phi) is 5.92. The van der Waals surface area contributed by atoms with Gasteiger partial charge in [0, 0.05) is 16.6 Å². The van der Waals surface area contributed by atoms with Crippen LogP contribution in [-0.4, -0.2) is 23.6 Å². The zero-order valence-electron chi connectivity index (χ0n) is 14.6. The van der Waals surface area contributed by atoms with Crippen molar-refractivity contribution in [1.82, 2.24) is 5.32 Å². The second-order valence-electron chi connectivity index (χ2n) is 6.45. The highest BCUT2D eigenvalue weighted by Gasteiger charge is 2.25. The molecule has 1 heterocycles. The number of Topliss-reactive ketones (excluding diaryl/α,β-unsaturated/α-hetero) is 1. The van der Waals surface area contributed by atoms with Crippen LogP contribution in [0.5, 0.6) is 0 Å². The Balaban J connectivity index is 1.70. The van der Waals surface area contributed by atoms with E-state index in [2.05, 4.69) is 10.6 Å². The molecule has 0 spiro atoms. The number of amides is 2. The molecule has 1 aromatic carbocycles. The van der Waals surface area contributed by atoms with Crippen LogP contribution >= 0.6 is 22.9 Å². The van der Waals surface area contributed by atoms with Crippen molar-refractivity contribution in [1.29, 1.82) is 0 Å². The van der Waals surface area contributed by atoms with Gasteiger partial charge in [-0.25, -0.2) is 4.39 Å². The number of hydrogen-bond acceptors (Lipinski definition) is 4. The van der Waals surface area contributed by atoms with Crippen LogP contribution in [0.4, 0.5) is 10.1 Å². The van der Waals surface area contributed by atoms with E-state index in [0.717, 1.165) is 43.1 Å². The van der Waals surface area contributed by atoms with Gasteiger partial charge in [-0.1, -0.05) is 24.4 Å². The van der Waals surface area contributed by atoms with Crippen molar-refractivity contribution in [3.05, 3.63) is 50.4 Å². The van der Waals surface area contributed by atoms with Crippen molar-refractivity contribution in [3.63, 3.8) is 0 Å². The van der Waals surface area contributed by atoms with Crippen LogP contribution in [0, 0.1) is 12.7 Å². The summed E-state index contributed by atoms with van der Waals surface area (Å²) in [5.41, 5.74) is 0.626. The molecule has 5 nitrogen and oxygen atoms in total. The van der Waals surface area contributed by atoms with Crippen molar-refractivity contribution in [2.24, 2.45) is 0 Å². The maximum atomic E-state index is 13.2. The summed E-state index contributed by atoms with van der Waals surface area (Å²) in [5.74, 6) is -2.32. The Morgan fingerprint density at radius 1 is 1.19 bits per heavy atom. The van der Waals surface area contributed by atoms with Crippen molar-refractivity contribution in [2.45, 2.75) is 38.6 Å². The van der Waals surface area contributed by atoms with E-state index in [9.17, 15) is 18.8 Å². The molecule has 142 valence electrons. The molecule has 1 fully saturated rings. The Hall–Kier alpha value is -2.25. The van der Waals surface area contributed by atoms with Gasteiger partial charge in [0.1, 0.15) is 5.82 Å². The van der Waals surface area contributed by atoms with E-state index in [0.29, 0.717) is 10.6 Å². The van der Waals surface area contributed by atoms with E-state index in [1.807, 2.05) is 0 Å². The zero-order chi connectivity index (χ0) is 19.6. The summed E-state index contributed by atoms with van der Waals surface area (Å²) < 4.78 is 13.2. The predicted molar refractivity (Wildman–Crippen MR) is 103 cm³/mol. The minimum absolute atomic E-state index is 0.0495. The topological polar surface area (TPSA) is 75.3 Å². The largest absolute Gasteiger partial charge is 0.346 e. The maximum absolute atomic E-state index is 13.2. The number of anilines is 1. The lowest BCUT2D eigenvalue weighted by atomic mass is 10.2. The number of aryl methyl sites for hydroxylation is 1. The number of carbonyl (C=O) groups is 3. The highest BCUT2D eigenvalue weighted by Crippen LogP contribution is 2.25. The van der Waals surface area contributed by atoms with Gasteiger partial charge in [0.2, 0.25) is 0 Å². The fourth-order valence-corrected chi connectivity index (χ4v) is 4.16. The van der Waals surface area contributed by atoms with Crippen LogP contribution in [-0.2, 0) is 4.79 Å². The fraction of sp³-hybridized carbons (Fsp3) is 0.316. The van der Waals surface area contributed by atoms with Gasteiger partial charge in [0.25, 0.3) is 17.6 Å². The normalized spacial score (nSPS) is 14.2. The number of ketones is 1. The molecule has 1 aromatic heterocycles. The van der Waals surface area contributed by atoms with E-state index in [1.165, 1.54) is 18.2 Å². The highest BCUT2D eigenvalue weighted by molar-refractivity contribution is 7.15. The SMILES string of the molecule is Cc1sc(C(=O)C(=O)NC2CCCC2)cc1C(=O)Nc1ccc(F)c(Cl)c1. The summed E-state index contributed by atoms with van der Waals surface area (Å²) in [6.45, 7) is 1.70. The van der Waals surface area contributed by atoms with E-state index >= 15 is 0 Å². The van der Waals surface area contributed by atoms with Crippen LogP contribution in [0.25, 0.3) is 0 Å². The smallest absolute Gasteiger partial charge is 0.293 e. The van der Waals surface area contributed by atoms with Gasteiger partial charge in [-0.3, -0.25) is 14.4 Å².